The van der Waals surface area contributed by atoms with Crippen molar-refractivity contribution in [3.63, 3.8) is 0 Å². The molecule has 0 unspecified atom stereocenters. The van der Waals surface area contributed by atoms with Gasteiger partial charge in [0.25, 0.3) is 0 Å². The molecule has 0 saturated carbocycles. The number of carbonyl (C=O) groups excluding carboxylic acids is 1. The number of likely N-dealkylation sites (N-methyl/N-ethyl adjacent to an activating group) is 1. The van der Waals surface area contributed by atoms with Crippen molar-refractivity contribution in [1.82, 2.24) is 9.80 Å². The number of hydrogen-bond donors (Lipinski definition) is 0. The first-order chi connectivity index (χ1) is 10.7. The summed E-state index contributed by atoms with van der Waals surface area (Å²) in [6.07, 6.45) is 0.596. The zero-order chi connectivity index (χ0) is 17.2. The molecular weight excluding hydrogens is 363 g/mol. The molecule has 2 rings (SSSR count). The number of benzene rings is 1. The van der Waals surface area contributed by atoms with Gasteiger partial charge in [-0.25, -0.2) is 9.18 Å². The molecule has 0 spiro atoms. The average molecular weight is 387 g/mol. The van der Waals surface area contributed by atoms with E-state index in [0.717, 1.165) is 25.1 Å². The molecule has 1 heterocycles. The van der Waals surface area contributed by atoms with Gasteiger partial charge in [0.05, 0.1) is 4.47 Å². The summed E-state index contributed by atoms with van der Waals surface area (Å²) in [5.41, 5.74) is 0.432. The topological polar surface area (TPSA) is 32.8 Å². The molecule has 1 aromatic carbocycles. The third-order valence-electron chi connectivity index (χ3n) is 3.90. The molecule has 23 heavy (non-hydrogen) atoms. The van der Waals surface area contributed by atoms with E-state index in [4.69, 9.17) is 4.74 Å². The number of nitrogens with zero attached hydrogens (tertiary/aromatic N) is 2. The van der Waals surface area contributed by atoms with Crippen molar-refractivity contribution in [2.24, 2.45) is 0 Å². The van der Waals surface area contributed by atoms with E-state index in [1.165, 1.54) is 6.07 Å². The average Bonchev–Trinajstić information content (AvgIpc) is 2.89. The van der Waals surface area contributed by atoms with Crippen LogP contribution in [-0.2, 0) is 11.3 Å². The standard InChI is InChI=1S/C17H24BrFN2O2/c1-17(2,3)23-16(22)20(4)13-8-9-21(11-13)10-12-6-5-7-14(19)15(12)18/h5-7,13H,8-11H2,1-4H3/t13-/m1/s1. The summed E-state index contributed by atoms with van der Waals surface area (Å²) in [5.74, 6) is -0.246. The van der Waals surface area contributed by atoms with Gasteiger partial charge in [-0.3, -0.25) is 4.90 Å². The van der Waals surface area contributed by atoms with Gasteiger partial charge in [-0.05, 0) is 54.8 Å². The lowest BCUT2D eigenvalue weighted by Crippen LogP contribution is -2.42. The van der Waals surface area contributed by atoms with Crippen LogP contribution >= 0.6 is 15.9 Å². The van der Waals surface area contributed by atoms with E-state index in [1.807, 2.05) is 26.8 Å². The fraction of sp³-hybridized carbons (Fsp3) is 0.588. The fourth-order valence-electron chi connectivity index (χ4n) is 2.67. The van der Waals surface area contributed by atoms with Crippen LogP contribution in [0.5, 0.6) is 0 Å². The summed E-state index contributed by atoms with van der Waals surface area (Å²) in [6.45, 7) is 7.89. The first-order valence-electron chi connectivity index (χ1n) is 7.78. The summed E-state index contributed by atoms with van der Waals surface area (Å²) in [7, 11) is 1.78. The lowest BCUT2D eigenvalue weighted by molar-refractivity contribution is 0.0228. The lowest BCUT2D eigenvalue weighted by Gasteiger charge is -2.28. The SMILES string of the molecule is CN(C(=O)OC(C)(C)C)[C@@H]1CCN(Cc2cccc(F)c2Br)C1. The Balaban J connectivity index is 1.93. The Morgan fingerprint density at radius 3 is 2.83 bits per heavy atom. The number of halogens is 2. The molecule has 128 valence electrons. The third-order valence-corrected chi connectivity index (χ3v) is 4.79. The number of amides is 1. The monoisotopic (exact) mass is 386 g/mol. The summed E-state index contributed by atoms with van der Waals surface area (Å²) >= 11 is 3.30. The second-order valence-electron chi connectivity index (χ2n) is 6.98. The Morgan fingerprint density at radius 1 is 1.48 bits per heavy atom. The van der Waals surface area contributed by atoms with Crippen LogP contribution in [0.2, 0.25) is 0 Å². The molecule has 1 aliphatic rings. The zero-order valence-corrected chi connectivity index (χ0v) is 15.7. The van der Waals surface area contributed by atoms with Crippen LogP contribution < -0.4 is 0 Å². The Labute approximate surface area is 145 Å². The molecule has 1 aromatic rings. The van der Waals surface area contributed by atoms with Crippen LogP contribution in [0.15, 0.2) is 22.7 Å². The number of hydrogen-bond acceptors (Lipinski definition) is 3. The molecule has 1 amide bonds. The largest absolute Gasteiger partial charge is 0.444 e. The van der Waals surface area contributed by atoms with Gasteiger partial charge in [0.1, 0.15) is 11.4 Å². The van der Waals surface area contributed by atoms with Gasteiger partial charge in [-0.1, -0.05) is 12.1 Å². The van der Waals surface area contributed by atoms with Crippen LogP contribution in [0.1, 0.15) is 32.8 Å². The van der Waals surface area contributed by atoms with Crippen molar-refractivity contribution in [2.75, 3.05) is 20.1 Å². The quantitative estimate of drug-likeness (QED) is 0.785. The van der Waals surface area contributed by atoms with Gasteiger partial charge in [-0.15, -0.1) is 0 Å². The van der Waals surface area contributed by atoms with Crippen LogP contribution in [-0.4, -0.2) is 47.7 Å². The number of ether oxygens (including phenoxy) is 1. The Morgan fingerprint density at radius 2 is 2.17 bits per heavy atom. The van der Waals surface area contributed by atoms with Crippen LogP contribution in [0, 0.1) is 5.82 Å². The molecule has 1 saturated heterocycles. The lowest BCUT2D eigenvalue weighted by atomic mass is 10.2. The van der Waals surface area contributed by atoms with Crippen molar-refractivity contribution < 1.29 is 13.9 Å². The maximum Gasteiger partial charge on any atom is 0.410 e. The molecule has 0 aromatic heterocycles. The molecule has 6 heteroatoms. The van der Waals surface area contributed by atoms with Crippen LogP contribution in [0.3, 0.4) is 0 Å². The molecule has 0 bridgehead atoms. The molecule has 1 atom stereocenters. The molecule has 1 fully saturated rings. The number of carbonyl (C=O) groups is 1. The van der Waals surface area contributed by atoms with E-state index < -0.39 is 5.60 Å². The van der Waals surface area contributed by atoms with Crippen LogP contribution in [0.4, 0.5) is 9.18 Å². The van der Waals surface area contributed by atoms with Gasteiger partial charge in [-0.2, -0.15) is 0 Å². The van der Waals surface area contributed by atoms with E-state index in [1.54, 1.807) is 18.0 Å². The first kappa shape index (κ1) is 18.2. The van der Waals surface area contributed by atoms with Gasteiger partial charge < -0.3 is 9.64 Å². The highest BCUT2D eigenvalue weighted by Crippen LogP contribution is 2.24. The Bertz CT molecular complexity index is 574. The summed E-state index contributed by atoms with van der Waals surface area (Å²) < 4.78 is 19.5. The predicted octanol–water partition coefficient (Wildman–Crippen LogP) is 4.03. The molecule has 1 aliphatic heterocycles. The molecule has 4 nitrogen and oxygen atoms in total. The smallest absolute Gasteiger partial charge is 0.410 e. The fourth-order valence-corrected chi connectivity index (χ4v) is 3.06. The minimum Gasteiger partial charge on any atom is -0.444 e. The van der Waals surface area contributed by atoms with E-state index in [-0.39, 0.29) is 18.0 Å². The van der Waals surface area contributed by atoms with Crippen molar-refractivity contribution in [2.45, 2.75) is 45.4 Å². The zero-order valence-electron chi connectivity index (χ0n) is 14.1. The van der Waals surface area contributed by atoms with Crippen molar-refractivity contribution in [1.29, 1.82) is 0 Å². The van der Waals surface area contributed by atoms with Crippen LogP contribution in [0.25, 0.3) is 0 Å². The summed E-state index contributed by atoms with van der Waals surface area (Å²) in [4.78, 5) is 16.0. The third kappa shape index (κ3) is 4.91. The second-order valence-corrected chi connectivity index (χ2v) is 7.77. The van der Waals surface area contributed by atoms with Crippen molar-refractivity contribution in [3.05, 3.63) is 34.1 Å². The van der Waals surface area contributed by atoms with E-state index >= 15 is 0 Å². The highest BCUT2D eigenvalue weighted by Gasteiger charge is 2.31. The molecule has 0 radical (unpaired) electrons. The molecule has 0 N–H and O–H groups in total. The molecular formula is C17H24BrFN2O2. The van der Waals surface area contributed by atoms with Gasteiger partial charge in [0.15, 0.2) is 0 Å². The van der Waals surface area contributed by atoms with Crippen molar-refractivity contribution in [3.8, 4) is 0 Å². The normalized spacial score (nSPS) is 19.0. The highest BCUT2D eigenvalue weighted by atomic mass is 79.9. The van der Waals surface area contributed by atoms with E-state index in [0.29, 0.717) is 11.0 Å². The minimum absolute atomic E-state index is 0.122. The predicted molar refractivity (Wildman–Crippen MR) is 91.8 cm³/mol. The van der Waals surface area contributed by atoms with E-state index in [9.17, 15) is 9.18 Å². The van der Waals surface area contributed by atoms with Gasteiger partial charge >= 0.3 is 6.09 Å². The Kier molecular flexibility index (Phi) is 5.68. The highest BCUT2D eigenvalue weighted by molar-refractivity contribution is 9.10. The van der Waals surface area contributed by atoms with Gasteiger partial charge in [0.2, 0.25) is 0 Å². The number of likely N-dealkylation sites (tertiary alicyclic amines) is 1. The van der Waals surface area contributed by atoms with E-state index in [2.05, 4.69) is 20.8 Å². The minimum atomic E-state index is -0.490. The van der Waals surface area contributed by atoms with Crippen molar-refractivity contribution >= 4 is 22.0 Å². The second kappa shape index (κ2) is 7.18. The summed E-state index contributed by atoms with van der Waals surface area (Å²) in [6, 6.07) is 5.20. The maximum atomic E-state index is 13.6. The molecule has 0 aliphatic carbocycles. The summed E-state index contributed by atoms with van der Waals surface area (Å²) in [5, 5.41) is 0. The Hall–Kier alpha value is -1.14. The van der Waals surface area contributed by atoms with Gasteiger partial charge in [0, 0.05) is 32.7 Å². The maximum absolute atomic E-state index is 13.6. The number of rotatable bonds is 3. The first-order valence-corrected chi connectivity index (χ1v) is 8.58.